The van der Waals surface area contributed by atoms with E-state index >= 15 is 0 Å². The molecule has 0 amide bonds. The van der Waals surface area contributed by atoms with Crippen molar-refractivity contribution in [3.8, 4) is 0 Å². The van der Waals surface area contributed by atoms with Gasteiger partial charge in [-0.3, -0.25) is 0 Å². The van der Waals surface area contributed by atoms with Crippen LogP contribution in [0.5, 0.6) is 0 Å². The lowest BCUT2D eigenvalue weighted by Crippen LogP contribution is -2.33. The Morgan fingerprint density at radius 3 is 2.89 bits per heavy atom. The first-order chi connectivity index (χ1) is 8.72. The van der Waals surface area contributed by atoms with Crippen LogP contribution in [0, 0.1) is 0 Å². The molecule has 0 saturated carbocycles. The van der Waals surface area contributed by atoms with Crippen LogP contribution in [0.15, 0.2) is 12.5 Å². The summed E-state index contributed by atoms with van der Waals surface area (Å²) >= 11 is 0. The Kier molecular flexibility index (Phi) is 2.67. The third-order valence-electron chi connectivity index (χ3n) is 2.90. The number of nitrogens with zero attached hydrogens (tertiary/aromatic N) is 5. The van der Waals surface area contributed by atoms with E-state index in [0.29, 0.717) is 11.2 Å². The van der Waals surface area contributed by atoms with Gasteiger partial charge in [-0.2, -0.15) is 4.68 Å². The highest BCUT2D eigenvalue weighted by Gasteiger charge is 2.44. The molecular formula is C9H11N5O4. The Morgan fingerprint density at radius 1 is 1.33 bits per heavy atom. The molecule has 4 atom stereocenters. The molecule has 0 radical (unpaired) electrons. The number of ether oxygens (including phenoxy) is 1. The molecule has 3 heterocycles. The van der Waals surface area contributed by atoms with Gasteiger partial charge in [0.15, 0.2) is 17.4 Å². The summed E-state index contributed by atoms with van der Waals surface area (Å²) in [5.41, 5.74) is 0.843. The molecule has 0 spiro atoms. The second-order valence-electron chi connectivity index (χ2n) is 3.99. The lowest BCUT2D eigenvalue weighted by molar-refractivity contribution is -0.0574. The molecule has 1 saturated heterocycles. The fourth-order valence-electron chi connectivity index (χ4n) is 1.96. The van der Waals surface area contributed by atoms with Crippen LogP contribution in [-0.2, 0) is 4.74 Å². The maximum Gasteiger partial charge on any atom is 0.184 e. The molecule has 1 aliphatic heterocycles. The number of rotatable bonds is 2. The number of aliphatic hydroxyl groups excluding tert-OH is 3. The van der Waals surface area contributed by atoms with E-state index in [2.05, 4.69) is 20.3 Å². The van der Waals surface area contributed by atoms with Crippen LogP contribution < -0.4 is 0 Å². The maximum atomic E-state index is 9.87. The third kappa shape index (κ3) is 1.56. The molecule has 9 nitrogen and oxygen atoms in total. The zero-order valence-electron chi connectivity index (χ0n) is 9.16. The monoisotopic (exact) mass is 253 g/mol. The summed E-state index contributed by atoms with van der Waals surface area (Å²) in [6.07, 6.45) is -1.37. The van der Waals surface area contributed by atoms with Crippen molar-refractivity contribution in [1.29, 1.82) is 0 Å². The molecule has 0 bridgehead atoms. The molecule has 4 unspecified atom stereocenters. The molecule has 96 valence electrons. The third-order valence-corrected chi connectivity index (χ3v) is 2.90. The second-order valence-corrected chi connectivity index (χ2v) is 3.99. The topological polar surface area (TPSA) is 126 Å². The van der Waals surface area contributed by atoms with Gasteiger partial charge in [-0.1, -0.05) is 5.21 Å². The predicted octanol–water partition coefficient (Wildman–Crippen LogP) is -2.17. The molecule has 2 aromatic rings. The molecule has 0 aromatic carbocycles. The highest BCUT2D eigenvalue weighted by Crippen LogP contribution is 2.29. The average Bonchev–Trinajstić information content (AvgIpc) is 2.93. The largest absolute Gasteiger partial charge is 0.394 e. The summed E-state index contributed by atoms with van der Waals surface area (Å²) in [6, 6.07) is 0. The standard InChI is InChI=1S/C9H11N5O4/c15-2-5-6(16)7(17)9(18-5)14-8-4(12-13-14)1-10-3-11-8/h1,3,5-7,9,15-17H,2H2. The van der Waals surface area contributed by atoms with E-state index in [1.54, 1.807) is 0 Å². The van der Waals surface area contributed by atoms with Crippen LogP contribution in [-0.4, -0.2) is 65.2 Å². The Hall–Kier alpha value is -1.68. The summed E-state index contributed by atoms with van der Waals surface area (Å²) in [4.78, 5) is 7.79. The molecular weight excluding hydrogens is 242 g/mol. The second kappa shape index (κ2) is 4.21. The quantitative estimate of drug-likeness (QED) is 0.552. The van der Waals surface area contributed by atoms with Crippen molar-refractivity contribution in [2.24, 2.45) is 0 Å². The summed E-state index contributed by atoms with van der Waals surface area (Å²) in [6.45, 7) is -0.393. The first-order valence-electron chi connectivity index (χ1n) is 5.35. The SMILES string of the molecule is OCC1OC(n2nnc3cncnc32)C(O)C1O. The van der Waals surface area contributed by atoms with Gasteiger partial charge in [0.1, 0.15) is 24.6 Å². The highest BCUT2D eigenvalue weighted by molar-refractivity contribution is 5.67. The fourth-order valence-corrected chi connectivity index (χ4v) is 1.96. The molecule has 2 aromatic heterocycles. The normalized spacial score (nSPS) is 32.2. The molecule has 1 fully saturated rings. The Bertz CT molecular complexity index is 561. The minimum atomic E-state index is -1.21. The van der Waals surface area contributed by atoms with Crippen molar-refractivity contribution >= 4 is 11.2 Å². The predicted molar refractivity (Wildman–Crippen MR) is 56.1 cm³/mol. The fraction of sp³-hybridized carbons (Fsp3) is 0.556. The zero-order chi connectivity index (χ0) is 12.7. The molecule has 3 N–H and O–H groups in total. The summed E-state index contributed by atoms with van der Waals surface area (Å²) < 4.78 is 6.60. The van der Waals surface area contributed by atoms with Crippen LogP contribution in [0.3, 0.4) is 0 Å². The van der Waals surface area contributed by atoms with Gasteiger partial charge in [0.2, 0.25) is 0 Å². The van der Waals surface area contributed by atoms with Crippen LogP contribution >= 0.6 is 0 Å². The van der Waals surface area contributed by atoms with E-state index in [-0.39, 0.29) is 0 Å². The van der Waals surface area contributed by atoms with Crippen molar-refractivity contribution in [2.45, 2.75) is 24.5 Å². The van der Waals surface area contributed by atoms with Crippen LogP contribution in [0.25, 0.3) is 11.2 Å². The summed E-state index contributed by atoms with van der Waals surface area (Å²) in [5.74, 6) is 0. The minimum absolute atomic E-state index is 0.389. The summed E-state index contributed by atoms with van der Waals surface area (Å²) in [7, 11) is 0. The van der Waals surface area contributed by atoms with E-state index < -0.39 is 31.1 Å². The van der Waals surface area contributed by atoms with Gasteiger partial charge in [0.25, 0.3) is 0 Å². The molecule has 3 rings (SSSR count). The van der Waals surface area contributed by atoms with Crippen LogP contribution in [0.2, 0.25) is 0 Å². The van der Waals surface area contributed by atoms with Crippen molar-refractivity contribution in [3.63, 3.8) is 0 Å². The zero-order valence-corrected chi connectivity index (χ0v) is 9.16. The minimum Gasteiger partial charge on any atom is -0.394 e. The van der Waals surface area contributed by atoms with Crippen molar-refractivity contribution in [3.05, 3.63) is 12.5 Å². The summed E-state index contributed by atoms with van der Waals surface area (Å²) in [5, 5.41) is 36.2. The van der Waals surface area contributed by atoms with Gasteiger partial charge >= 0.3 is 0 Å². The number of fused-ring (bicyclic) bond motifs is 1. The first-order valence-corrected chi connectivity index (χ1v) is 5.35. The smallest absolute Gasteiger partial charge is 0.184 e. The number of aliphatic hydroxyl groups is 3. The molecule has 18 heavy (non-hydrogen) atoms. The van der Waals surface area contributed by atoms with Gasteiger partial charge in [0, 0.05) is 0 Å². The number of aromatic nitrogens is 5. The number of hydrogen-bond donors (Lipinski definition) is 3. The van der Waals surface area contributed by atoms with E-state index in [9.17, 15) is 10.2 Å². The Labute approximate surface area is 101 Å². The lowest BCUT2D eigenvalue weighted by atomic mass is 10.1. The van der Waals surface area contributed by atoms with Crippen LogP contribution in [0.4, 0.5) is 0 Å². The van der Waals surface area contributed by atoms with Crippen molar-refractivity contribution in [2.75, 3.05) is 6.61 Å². The van der Waals surface area contributed by atoms with Gasteiger partial charge in [0.05, 0.1) is 12.8 Å². The van der Waals surface area contributed by atoms with Gasteiger partial charge < -0.3 is 20.1 Å². The number of hydrogen-bond acceptors (Lipinski definition) is 8. The molecule has 9 heteroatoms. The molecule has 0 aliphatic carbocycles. The molecule has 1 aliphatic rings. The van der Waals surface area contributed by atoms with E-state index in [4.69, 9.17) is 9.84 Å². The van der Waals surface area contributed by atoms with E-state index in [1.165, 1.54) is 17.2 Å². The van der Waals surface area contributed by atoms with Crippen molar-refractivity contribution < 1.29 is 20.1 Å². The Balaban J connectivity index is 2.00. The lowest BCUT2D eigenvalue weighted by Gasteiger charge is -2.14. The highest BCUT2D eigenvalue weighted by atomic mass is 16.6. The maximum absolute atomic E-state index is 9.87. The van der Waals surface area contributed by atoms with Gasteiger partial charge in [-0.05, 0) is 0 Å². The van der Waals surface area contributed by atoms with E-state index in [1.807, 2.05) is 0 Å². The first kappa shape index (κ1) is 11.4. The van der Waals surface area contributed by atoms with Crippen LogP contribution in [0.1, 0.15) is 6.23 Å². The average molecular weight is 253 g/mol. The van der Waals surface area contributed by atoms with Gasteiger partial charge in [-0.15, -0.1) is 5.10 Å². The van der Waals surface area contributed by atoms with E-state index in [0.717, 1.165) is 0 Å². The van der Waals surface area contributed by atoms with Gasteiger partial charge in [-0.25, -0.2) is 9.97 Å². The Morgan fingerprint density at radius 2 is 2.17 bits per heavy atom. The van der Waals surface area contributed by atoms with Crippen molar-refractivity contribution in [1.82, 2.24) is 25.0 Å².